The van der Waals surface area contributed by atoms with Crippen LogP contribution in [0.3, 0.4) is 0 Å². The lowest BCUT2D eigenvalue weighted by Gasteiger charge is -2.20. The largest absolute Gasteiger partial charge is 0.497 e. The van der Waals surface area contributed by atoms with Gasteiger partial charge < -0.3 is 25.0 Å². The SMILES string of the molecule is COc1ccc(N2CC(C(=O)NCC3CCCN3)CC2=O)c(OC)c1. The third-order valence-corrected chi connectivity index (χ3v) is 4.86. The second-order valence-corrected chi connectivity index (χ2v) is 6.48. The molecule has 2 amide bonds. The van der Waals surface area contributed by atoms with Gasteiger partial charge in [0.25, 0.3) is 0 Å². The van der Waals surface area contributed by atoms with E-state index in [1.165, 1.54) is 0 Å². The molecule has 0 spiro atoms. The third kappa shape index (κ3) is 3.87. The van der Waals surface area contributed by atoms with Gasteiger partial charge >= 0.3 is 0 Å². The molecule has 2 heterocycles. The number of carbonyl (C=O) groups excluding carboxylic acids is 2. The van der Waals surface area contributed by atoms with E-state index >= 15 is 0 Å². The summed E-state index contributed by atoms with van der Waals surface area (Å²) in [5.74, 6) is 0.759. The summed E-state index contributed by atoms with van der Waals surface area (Å²) in [4.78, 5) is 26.5. The number of nitrogens with zero attached hydrogens (tertiary/aromatic N) is 1. The van der Waals surface area contributed by atoms with Crippen LogP contribution < -0.4 is 25.0 Å². The topological polar surface area (TPSA) is 79.9 Å². The molecule has 7 heteroatoms. The second kappa shape index (κ2) is 7.74. The van der Waals surface area contributed by atoms with Gasteiger partial charge in [0.05, 0.1) is 25.8 Å². The molecule has 2 saturated heterocycles. The highest BCUT2D eigenvalue weighted by Gasteiger charge is 2.36. The van der Waals surface area contributed by atoms with Crippen molar-refractivity contribution in [1.29, 1.82) is 0 Å². The van der Waals surface area contributed by atoms with Gasteiger partial charge in [-0.3, -0.25) is 9.59 Å². The number of amides is 2. The van der Waals surface area contributed by atoms with E-state index in [0.717, 1.165) is 19.4 Å². The number of benzene rings is 1. The van der Waals surface area contributed by atoms with Crippen LogP contribution in [0.25, 0.3) is 0 Å². The van der Waals surface area contributed by atoms with Crippen molar-refractivity contribution in [2.24, 2.45) is 5.92 Å². The molecule has 0 saturated carbocycles. The van der Waals surface area contributed by atoms with Crippen LogP contribution in [0.1, 0.15) is 19.3 Å². The van der Waals surface area contributed by atoms with E-state index in [2.05, 4.69) is 10.6 Å². The van der Waals surface area contributed by atoms with Crippen LogP contribution >= 0.6 is 0 Å². The molecule has 2 aliphatic heterocycles. The molecular formula is C18H25N3O4. The molecule has 2 aliphatic rings. The van der Waals surface area contributed by atoms with Gasteiger partial charge in [-0.2, -0.15) is 0 Å². The predicted octanol–water partition coefficient (Wildman–Crippen LogP) is 0.925. The fraction of sp³-hybridized carbons (Fsp3) is 0.556. The smallest absolute Gasteiger partial charge is 0.227 e. The van der Waals surface area contributed by atoms with Gasteiger partial charge in [-0.15, -0.1) is 0 Å². The van der Waals surface area contributed by atoms with Gasteiger partial charge in [0.15, 0.2) is 0 Å². The maximum Gasteiger partial charge on any atom is 0.227 e. The van der Waals surface area contributed by atoms with Gasteiger partial charge in [0, 0.05) is 31.6 Å². The molecule has 7 nitrogen and oxygen atoms in total. The minimum absolute atomic E-state index is 0.0583. The van der Waals surface area contributed by atoms with Gasteiger partial charge in [0.1, 0.15) is 11.5 Å². The molecule has 1 aromatic rings. The molecule has 2 unspecified atom stereocenters. The highest BCUT2D eigenvalue weighted by atomic mass is 16.5. The van der Waals surface area contributed by atoms with Crippen molar-refractivity contribution in [3.8, 4) is 11.5 Å². The second-order valence-electron chi connectivity index (χ2n) is 6.48. The average molecular weight is 347 g/mol. The molecule has 0 aromatic heterocycles. The Morgan fingerprint density at radius 2 is 2.20 bits per heavy atom. The predicted molar refractivity (Wildman–Crippen MR) is 94.0 cm³/mol. The van der Waals surface area contributed by atoms with Crippen LogP contribution in [0.5, 0.6) is 11.5 Å². The summed E-state index contributed by atoms with van der Waals surface area (Å²) in [6.45, 7) is 1.99. The Hall–Kier alpha value is -2.28. The first kappa shape index (κ1) is 17.5. The fourth-order valence-electron chi connectivity index (χ4n) is 3.42. The molecule has 2 atom stereocenters. The first-order valence-electron chi connectivity index (χ1n) is 8.66. The summed E-state index contributed by atoms with van der Waals surface area (Å²) in [6, 6.07) is 5.66. The standard InChI is InChI=1S/C18H25N3O4/c1-24-14-5-6-15(16(9-14)25-2)21-11-12(8-17(21)22)18(23)20-10-13-4-3-7-19-13/h5-6,9,12-13,19H,3-4,7-8,10-11H2,1-2H3,(H,20,23). The average Bonchev–Trinajstić information content (AvgIpc) is 3.28. The van der Waals surface area contributed by atoms with E-state index in [1.54, 1.807) is 37.3 Å². The van der Waals surface area contributed by atoms with Crippen molar-refractivity contribution in [2.45, 2.75) is 25.3 Å². The van der Waals surface area contributed by atoms with Crippen molar-refractivity contribution < 1.29 is 19.1 Å². The Balaban J connectivity index is 1.64. The summed E-state index contributed by atoms with van der Waals surface area (Å²) in [5, 5.41) is 6.33. The van der Waals surface area contributed by atoms with E-state index in [4.69, 9.17) is 9.47 Å². The number of methoxy groups -OCH3 is 2. The zero-order valence-electron chi connectivity index (χ0n) is 14.7. The van der Waals surface area contributed by atoms with Crippen LogP contribution in [-0.4, -0.2) is 51.7 Å². The van der Waals surface area contributed by atoms with E-state index in [-0.39, 0.29) is 24.2 Å². The number of anilines is 1. The van der Waals surface area contributed by atoms with E-state index in [0.29, 0.717) is 36.3 Å². The summed E-state index contributed by atoms with van der Waals surface area (Å²) in [5.41, 5.74) is 0.668. The number of nitrogens with one attached hydrogen (secondary N) is 2. The van der Waals surface area contributed by atoms with Crippen LogP contribution in [0, 0.1) is 5.92 Å². The maximum absolute atomic E-state index is 12.4. The van der Waals surface area contributed by atoms with Gasteiger partial charge in [-0.1, -0.05) is 0 Å². The van der Waals surface area contributed by atoms with Crippen molar-refractivity contribution in [1.82, 2.24) is 10.6 Å². The molecule has 0 aliphatic carbocycles. The van der Waals surface area contributed by atoms with Crippen LogP contribution in [-0.2, 0) is 9.59 Å². The quantitative estimate of drug-likeness (QED) is 0.800. The fourth-order valence-corrected chi connectivity index (χ4v) is 3.42. The molecular weight excluding hydrogens is 322 g/mol. The normalized spacial score (nSPS) is 23.0. The number of rotatable bonds is 6. The first-order valence-corrected chi connectivity index (χ1v) is 8.66. The lowest BCUT2D eigenvalue weighted by molar-refractivity contribution is -0.126. The van der Waals surface area contributed by atoms with E-state index in [1.807, 2.05) is 0 Å². The van der Waals surface area contributed by atoms with Gasteiger partial charge in [-0.05, 0) is 31.5 Å². The Bertz CT molecular complexity index is 643. The molecule has 2 N–H and O–H groups in total. The van der Waals surface area contributed by atoms with Crippen LogP contribution in [0.15, 0.2) is 18.2 Å². The molecule has 2 fully saturated rings. The molecule has 1 aromatic carbocycles. The van der Waals surface area contributed by atoms with Crippen LogP contribution in [0.2, 0.25) is 0 Å². The molecule has 0 radical (unpaired) electrons. The van der Waals surface area contributed by atoms with Crippen molar-refractivity contribution >= 4 is 17.5 Å². The van der Waals surface area contributed by atoms with Crippen molar-refractivity contribution in [3.05, 3.63) is 18.2 Å². The lowest BCUT2D eigenvalue weighted by Crippen LogP contribution is -2.40. The third-order valence-electron chi connectivity index (χ3n) is 4.86. The summed E-state index contributed by atoms with van der Waals surface area (Å²) >= 11 is 0. The summed E-state index contributed by atoms with van der Waals surface area (Å²) in [6.07, 6.45) is 2.45. The minimum atomic E-state index is -0.333. The zero-order chi connectivity index (χ0) is 17.8. The van der Waals surface area contributed by atoms with E-state index in [9.17, 15) is 9.59 Å². The number of ether oxygens (including phenoxy) is 2. The number of hydrogen-bond acceptors (Lipinski definition) is 5. The molecule has 3 rings (SSSR count). The molecule has 136 valence electrons. The van der Waals surface area contributed by atoms with Gasteiger partial charge in [-0.25, -0.2) is 0 Å². The minimum Gasteiger partial charge on any atom is -0.497 e. The van der Waals surface area contributed by atoms with Gasteiger partial charge in [0.2, 0.25) is 11.8 Å². The lowest BCUT2D eigenvalue weighted by atomic mass is 10.1. The number of carbonyl (C=O) groups is 2. The summed E-state index contributed by atoms with van der Waals surface area (Å²) in [7, 11) is 3.13. The summed E-state index contributed by atoms with van der Waals surface area (Å²) < 4.78 is 10.6. The Morgan fingerprint density at radius 1 is 1.36 bits per heavy atom. The number of hydrogen-bond donors (Lipinski definition) is 2. The molecule has 25 heavy (non-hydrogen) atoms. The Kier molecular flexibility index (Phi) is 5.43. The highest BCUT2D eigenvalue weighted by Crippen LogP contribution is 2.35. The van der Waals surface area contributed by atoms with Crippen molar-refractivity contribution in [3.63, 3.8) is 0 Å². The first-order chi connectivity index (χ1) is 12.1. The maximum atomic E-state index is 12.4. The molecule has 0 bridgehead atoms. The zero-order valence-corrected chi connectivity index (χ0v) is 14.7. The van der Waals surface area contributed by atoms with Crippen molar-refractivity contribution in [2.75, 3.05) is 38.8 Å². The highest BCUT2D eigenvalue weighted by molar-refractivity contribution is 6.01. The monoisotopic (exact) mass is 347 g/mol. The van der Waals surface area contributed by atoms with E-state index < -0.39 is 0 Å². The Morgan fingerprint density at radius 3 is 2.88 bits per heavy atom. The Labute approximate surface area is 147 Å². The van der Waals surface area contributed by atoms with Crippen LogP contribution in [0.4, 0.5) is 5.69 Å².